The average molecular weight is 383 g/mol. The number of aromatic amines is 1. The van der Waals surface area contributed by atoms with Crippen molar-refractivity contribution in [2.24, 2.45) is 5.41 Å². The van der Waals surface area contributed by atoms with Gasteiger partial charge in [0.05, 0.1) is 17.1 Å². The van der Waals surface area contributed by atoms with Gasteiger partial charge in [-0.3, -0.25) is 9.36 Å². The number of rotatable bonds is 2. The predicted molar refractivity (Wildman–Crippen MR) is 108 cm³/mol. The highest BCUT2D eigenvalue weighted by molar-refractivity contribution is 5.82. The van der Waals surface area contributed by atoms with E-state index >= 15 is 0 Å². The highest BCUT2D eigenvalue weighted by atomic mass is 16.2. The Kier molecular flexibility index (Phi) is 4.51. The number of carbonyl (C=O) groups excluding carboxylic acids is 1. The maximum atomic E-state index is 13.1. The number of nitrogens with zero attached hydrogens (tertiary/aromatic N) is 2. The van der Waals surface area contributed by atoms with E-state index in [1.165, 1.54) is 0 Å². The monoisotopic (exact) mass is 383 g/mol. The van der Waals surface area contributed by atoms with Gasteiger partial charge in [-0.2, -0.15) is 0 Å². The first kappa shape index (κ1) is 17.9. The van der Waals surface area contributed by atoms with Gasteiger partial charge in [-0.1, -0.05) is 12.1 Å². The van der Waals surface area contributed by atoms with E-state index in [4.69, 9.17) is 0 Å². The molecule has 1 aromatic heterocycles. The fourth-order valence-electron chi connectivity index (χ4n) is 5.43. The lowest BCUT2D eigenvalue weighted by atomic mass is 9.77. The smallest absolute Gasteiger partial charge is 0.326 e. The molecule has 1 spiro atoms. The molecule has 1 aromatic carbocycles. The van der Waals surface area contributed by atoms with Gasteiger partial charge in [0.2, 0.25) is 5.91 Å². The maximum absolute atomic E-state index is 13.1. The molecule has 150 valence electrons. The SMILES string of the molecule is O=C([C@@H]1CC2(CCNCC2)CN1)N1CCC(n2c(=O)[nH]c3ccccc32)CC1. The van der Waals surface area contributed by atoms with Crippen molar-refractivity contribution in [3.8, 4) is 0 Å². The number of likely N-dealkylation sites (tertiary alicyclic amines) is 1. The third-order valence-electron chi connectivity index (χ3n) is 7.09. The van der Waals surface area contributed by atoms with Crippen LogP contribution in [0.2, 0.25) is 0 Å². The zero-order chi connectivity index (χ0) is 19.1. The summed E-state index contributed by atoms with van der Waals surface area (Å²) in [4.78, 5) is 30.5. The zero-order valence-corrected chi connectivity index (χ0v) is 16.2. The van der Waals surface area contributed by atoms with Crippen molar-refractivity contribution in [3.63, 3.8) is 0 Å². The molecule has 0 bridgehead atoms. The number of imidazole rings is 1. The average Bonchev–Trinajstić information content (AvgIpc) is 3.28. The molecule has 28 heavy (non-hydrogen) atoms. The van der Waals surface area contributed by atoms with Crippen LogP contribution < -0.4 is 16.3 Å². The van der Waals surface area contributed by atoms with Crippen LogP contribution in [0.3, 0.4) is 0 Å². The van der Waals surface area contributed by atoms with Crippen LogP contribution in [0.15, 0.2) is 29.1 Å². The number of piperidine rings is 2. The maximum Gasteiger partial charge on any atom is 0.326 e. The fourth-order valence-corrected chi connectivity index (χ4v) is 5.43. The summed E-state index contributed by atoms with van der Waals surface area (Å²) in [6, 6.07) is 7.95. The molecule has 4 heterocycles. The van der Waals surface area contributed by atoms with Gasteiger partial charge < -0.3 is 20.5 Å². The molecule has 0 radical (unpaired) electrons. The van der Waals surface area contributed by atoms with E-state index < -0.39 is 0 Å². The highest BCUT2D eigenvalue weighted by Crippen LogP contribution is 2.38. The van der Waals surface area contributed by atoms with E-state index in [0.29, 0.717) is 5.41 Å². The molecule has 3 fully saturated rings. The minimum absolute atomic E-state index is 0.0366. The summed E-state index contributed by atoms with van der Waals surface area (Å²) >= 11 is 0. The Morgan fingerprint density at radius 1 is 1.11 bits per heavy atom. The first-order valence-electron chi connectivity index (χ1n) is 10.6. The summed E-state index contributed by atoms with van der Waals surface area (Å²) in [6.45, 7) is 4.54. The van der Waals surface area contributed by atoms with Crippen LogP contribution >= 0.6 is 0 Å². The van der Waals surface area contributed by atoms with E-state index in [0.717, 1.165) is 75.9 Å². The van der Waals surface area contributed by atoms with E-state index in [1.54, 1.807) is 0 Å². The molecule has 3 aliphatic heterocycles. The predicted octanol–water partition coefficient (Wildman–Crippen LogP) is 1.22. The van der Waals surface area contributed by atoms with Gasteiger partial charge in [-0.05, 0) is 62.7 Å². The van der Waals surface area contributed by atoms with Crippen LogP contribution in [0.5, 0.6) is 0 Å². The number of H-pyrrole nitrogens is 1. The minimum Gasteiger partial charge on any atom is -0.341 e. The quantitative estimate of drug-likeness (QED) is 0.728. The lowest BCUT2D eigenvalue weighted by molar-refractivity contribution is -0.134. The zero-order valence-electron chi connectivity index (χ0n) is 16.2. The number of hydrogen-bond acceptors (Lipinski definition) is 4. The Balaban J connectivity index is 1.24. The number of fused-ring (bicyclic) bond motifs is 1. The molecule has 1 amide bonds. The fraction of sp³-hybridized carbons (Fsp3) is 0.619. The Hall–Kier alpha value is -2.12. The van der Waals surface area contributed by atoms with Crippen molar-refractivity contribution in [3.05, 3.63) is 34.7 Å². The summed E-state index contributed by atoms with van der Waals surface area (Å²) in [5.41, 5.74) is 2.11. The Bertz CT molecular complexity index is 918. The number of amides is 1. The highest BCUT2D eigenvalue weighted by Gasteiger charge is 2.43. The largest absolute Gasteiger partial charge is 0.341 e. The summed E-state index contributed by atoms with van der Waals surface area (Å²) in [7, 11) is 0. The Labute approximate surface area is 164 Å². The van der Waals surface area contributed by atoms with Crippen LogP contribution in [0.25, 0.3) is 11.0 Å². The van der Waals surface area contributed by atoms with Crippen LogP contribution in [0.1, 0.15) is 38.1 Å². The molecule has 2 aromatic rings. The van der Waals surface area contributed by atoms with E-state index in [1.807, 2.05) is 33.7 Å². The van der Waals surface area contributed by atoms with Gasteiger partial charge in [-0.15, -0.1) is 0 Å². The Morgan fingerprint density at radius 3 is 2.64 bits per heavy atom. The molecule has 5 rings (SSSR count). The molecule has 0 unspecified atom stereocenters. The second kappa shape index (κ2) is 7.04. The van der Waals surface area contributed by atoms with Crippen molar-refractivity contribution in [2.75, 3.05) is 32.7 Å². The first-order valence-corrected chi connectivity index (χ1v) is 10.6. The topological polar surface area (TPSA) is 82.2 Å². The van der Waals surface area contributed by atoms with Crippen molar-refractivity contribution in [1.82, 2.24) is 25.1 Å². The summed E-state index contributed by atoms with van der Waals surface area (Å²) in [5.74, 6) is 0.250. The first-order chi connectivity index (χ1) is 13.7. The number of nitrogens with one attached hydrogen (secondary N) is 3. The van der Waals surface area contributed by atoms with Crippen LogP contribution in [-0.4, -0.2) is 59.1 Å². The van der Waals surface area contributed by atoms with Crippen molar-refractivity contribution in [1.29, 1.82) is 0 Å². The summed E-state index contributed by atoms with van der Waals surface area (Å²) < 4.78 is 1.88. The van der Waals surface area contributed by atoms with E-state index in [2.05, 4.69) is 15.6 Å². The number of hydrogen-bond donors (Lipinski definition) is 3. The van der Waals surface area contributed by atoms with E-state index in [-0.39, 0.29) is 23.7 Å². The van der Waals surface area contributed by atoms with E-state index in [9.17, 15) is 9.59 Å². The second-order valence-corrected chi connectivity index (χ2v) is 8.76. The molecule has 7 nitrogen and oxygen atoms in total. The standard InChI is InChI=1S/C21H29N5O2/c27-19(17-13-21(14-23-17)7-9-22-10-8-21)25-11-5-15(6-12-25)26-18-4-2-1-3-16(18)24-20(26)28/h1-4,15,17,22-23H,5-14H2,(H,24,28)/t17-/m0/s1. The normalized spacial score (nSPS) is 25.6. The minimum atomic E-state index is -0.0451. The molecule has 3 saturated heterocycles. The van der Waals surface area contributed by atoms with Crippen LogP contribution in [0.4, 0.5) is 0 Å². The molecular weight excluding hydrogens is 354 g/mol. The lowest BCUT2D eigenvalue weighted by Crippen LogP contribution is -2.47. The van der Waals surface area contributed by atoms with Crippen molar-refractivity contribution in [2.45, 2.75) is 44.2 Å². The molecular formula is C21H29N5O2. The molecule has 3 N–H and O–H groups in total. The summed E-state index contributed by atoms with van der Waals surface area (Å²) in [5, 5.41) is 6.93. The second-order valence-electron chi connectivity index (χ2n) is 8.76. The molecule has 3 aliphatic rings. The van der Waals surface area contributed by atoms with Gasteiger partial charge in [0.15, 0.2) is 0 Å². The third-order valence-corrected chi connectivity index (χ3v) is 7.09. The van der Waals surface area contributed by atoms with Crippen LogP contribution in [-0.2, 0) is 4.79 Å². The number of carbonyl (C=O) groups is 1. The summed E-state index contributed by atoms with van der Waals surface area (Å²) in [6.07, 6.45) is 4.95. The van der Waals surface area contributed by atoms with Crippen molar-refractivity contribution >= 4 is 16.9 Å². The van der Waals surface area contributed by atoms with Gasteiger partial charge in [-0.25, -0.2) is 4.79 Å². The van der Waals surface area contributed by atoms with Gasteiger partial charge in [0, 0.05) is 25.7 Å². The van der Waals surface area contributed by atoms with Crippen molar-refractivity contribution < 1.29 is 4.79 Å². The molecule has 1 atom stereocenters. The molecule has 0 saturated carbocycles. The molecule has 0 aliphatic carbocycles. The van der Waals surface area contributed by atoms with Crippen LogP contribution in [0, 0.1) is 5.41 Å². The molecule has 7 heteroatoms. The third kappa shape index (κ3) is 3.06. The van der Waals surface area contributed by atoms with Gasteiger partial charge in [0.1, 0.15) is 0 Å². The number of para-hydroxylation sites is 2. The lowest BCUT2D eigenvalue weighted by Gasteiger charge is -2.35. The van der Waals surface area contributed by atoms with Gasteiger partial charge in [0.25, 0.3) is 0 Å². The Morgan fingerprint density at radius 2 is 1.86 bits per heavy atom. The van der Waals surface area contributed by atoms with Gasteiger partial charge >= 0.3 is 5.69 Å². The number of aromatic nitrogens is 2. The number of benzene rings is 1.